The van der Waals surface area contributed by atoms with E-state index in [1.54, 1.807) is 6.92 Å². The molecule has 1 saturated heterocycles. The fraction of sp³-hybridized carbons (Fsp3) is 0.500. The zero-order valence-corrected chi connectivity index (χ0v) is 10.6. The number of benzene rings is 1. The van der Waals surface area contributed by atoms with Crippen LogP contribution in [0, 0.1) is 5.92 Å². The zero-order chi connectivity index (χ0) is 11.4. The number of ketones is 1. The minimum atomic E-state index is 0.153. The largest absolute Gasteiger partial charge is 0.295 e. The van der Waals surface area contributed by atoms with Gasteiger partial charge in [0.1, 0.15) is 0 Å². The van der Waals surface area contributed by atoms with Gasteiger partial charge in [-0.25, -0.2) is 0 Å². The van der Waals surface area contributed by atoms with Crippen LogP contribution in [0.4, 0.5) is 0 Å². The minimum absolute atomic E-state index is 0.153. The van der Waals surface area contributed by atoms with E-state index in [1.807, 2.05) is 12.1 Å². The van der Waals surface area contributed by atoms with Crippen LogP contribution in [0.25, 0.3) is 0 Å². The number of Topliss-reactive ketones (excluding diaryl/α,β-unsaturated/α-hetero) is 1. The van der Waals surface area contributed by atoms with Gasteiger partial charge in [0.05, 0.1) is 0 Å². The van der Waals surface area contributed by atoms with Gasteiger partial charge < -0.3 is 0 Å². The van der Waals surface area contributed by atoms with Crippen molar-refractivity contribution in [3.8, 4) is 0 Å². The highest BCUT2D eigenvalue weighted by Crippen LogP contribution is 2.25. The molecule has 1 atom stereocenters. The van der Waals surface area contributed by atoms with Crippen molar-refractivity contribution < 1.29 is 4.79 Å². The number of rotatable bonds is 3. The Morgan fingerprint density at radius 3 is 2.69 bits per heavy atom. The number of carbonyl (C=O) groups excluding carboxylic acids is 1. The van der Waals surface area contributed by atoms with Crippen LogP contribution in [-0.4, -0.2) is 17.3 Å². The van der Waals surface area contributed by atoms with E-state index in [0.29, 0.717) is 0 Å². The summed E-state index contributed by atoms with van der Waals surface area (Å²) in [6.45, 7) is 1.62. The molecule has 0 saturated carbocycles. The Hall–Kier alpha value is -0.760. The molecular weight excluding hydrogens is 216 g/mol. The summed E-state index contributed by atoms with van der Waals surface area (Å²) in [5.41, 5.74) is 2.19. The SMILES string of the molecule is CC(=O)c1ccc(CC2CCCSC2)cc1. The Balaban J connectivity index is 1.96. The van der Waals surface area contributed by atoms with Gasteiger partial charge in [0.25, 0.3) is 0 Å². The molecule has 2 rings (SSSR count). The summed E-state index contributed by atoms with van der Waals surface area (Å²) in [5.74, 6) is 3.62. The molecule has 0 aliphatic carbocycles. The highest BCUT2D eigenvalue weighted by Gasteiger charge is 2.14. The molecule has 86 valence electrons. The van der Waals surface area contributed by atoms with Crippen LogP contribution in [0.1, 0.15) is 35.7 Å². The Morgan fingerprint density at radius 1 is 1.38 bits per heavy atom. The molecule has 0 N–H and O–H groups in total. The van der Waals surface area contributed by atoms with Crippen LogP contribution >= 0.6 is 11.8 Å². The third-order valence-electron chi connectivity index (χ3n) is 3.14. The summed E-state index contributed by atoms with van der Waals surface area (Å²) in [5, 5.41) is 0. The fourth-order valence-corrected chi connectivity index (χ4v) is 3.33. The molecule has 1 heterocycles. The summed E-state index contributed by atoms with van der Waals surface area (Å²) in [6.07, 6.45) is 3.90. The lowest BCUT2D eigenvalue weighted by Gasteiger charge is -2.21. The highest BCUT2D eigenvalue weighted by molar-refractivity contribution is 7.99. The molecule has 2 heteroatoms. The number of thioether (sulfide) groups is 1. The molecule has 1 aromatic carbocycles. The highest BCUT2D eigenvalue weighted by atomic mass is 32.2. The van der Waals surface area contributed by atoms with Gasteiger partial charge in [-0.1, -0.05) is 24.3 Å². The summed E-state index contributed by atoms with van der Waals surface area (Å²) in [4.78, 5) is 11.1. The molecule has 0 spiro atoms. The van der Waals surface area contributed by atoms with Gasteiger partial charge >= 0.3 is 0 Å². The van der Waals surface area contributed by atoms with E-state index < -0.39 is 0 Å². The van der Waals surface area contributed by atoms with Crippen molar-refractivity contribution in [3.05, 3.63) is 35.4 Å². The second kappa shape index (κ2) is 5.53. The first-order valence-electron chi connectivity index (χ1n) is 5.93. The molecule has 1 aromatic rings. The Morgan fingerprint density at radius 2 is 2.12 bits per heavy atom. The van der Waals surface area contributed by atoms with Crippen LogP contribution in [0.5, 0.6) is 0 Å². The predicted octanol–water partition coefficient (Wildman–Crippen LogP) is 3.57. The van der Waals surface area contributed by atoms with Crippen molar-refractivity contribution in [3.63, 3.8) is 0 Å². The van der Waals surface area contributed by atoms with Crippen LogP contribution < -0.4 is 0 Å². The maximum atomic E-state index is 11.1. The summed E-state index contributed by atoms with van der Waals surface area (Å²) >= 11 is 2.08. The van der Waals surface area contributed by atoms with Crippen molar-refractivity contribution >= 4 is 17.5 Å². The lowest BCUT2D eigenvalue weighted by molar-refractivity contribution is 0.101. The maximum absolute atomic E-state index is 11.1. The van der Waals surface area contributed by atoms with Gasteiger partial charge in [0.15, 0.2) is 5.78 Å². The van der Waals surface area contributed by atoms with E-state index in [4.69, 9.17) is 0 Å². The molecule has 1 fully saturated rings. The molecule has 0 amide bonds. The topological polar surface area (TPSA) is 17.1 Å². The monoisotopic (exact) mass is 234 g/mol. The van der Waals surface area contributed by atoms with Crippen molar-refractivity contribution in [1.82, 2.24) is 0 Å². The molecule has 0 bridgehead atoms. The molecule has 1 nitrogen and oxygen atoms in total. The van der Waals surface area contributed by atoms with Gasteiger partial charge in [0, 0.05) is 5.56 Å². The second-order valence-electron chi connectivity index (χ2n) is 4.54. The van der Waals surface area contributed by atoms with Gasteiger partial charge in [-0.05, 0) is 49.2 Å². The van der Waals surface area contributed by atoms with Gasteiger partial charge in [-0.2, -0.15) is 11.8 Å². The van der Waals surface area contributed by atoms with E-state index >= 15 is 0 Å². The van der Waals surface area contributed by atoms with E-state index in [9.17, 15) is 4.79 Å². The molecule has 0 radical (unpaired) electrons. The second-order valence-corrected chi connectivity index (χ2v) is 5.69. The van der Waals surface area contributed by atoms with Crippen LogP contribution in [0.2, 0.25) is 0 Å². The third-order valence-corrected chi connectivity index (χ3v) is 4.42. The van der Waals surface area contributed by atoms with E-state index in [1.165, 1.54) is 36.3 Å². The molecular formula is C14H18OS. The Bertz CT molecular complexity index is 350. The molecule has 0 aromatic heterocycles. The average Bonchev–Trinajstić information content (AvgIpc) is 2.31. The zero-order valence-electron chi connectivity index (χ0n) is 9.74. The van der Waals surface area contributed by atoms with E-state index in [2.05, 4.69) is 23.9 Å². The van der Waals surface area contributed by atoms with E-state index in [-0.39, 0.29) is 5.78 Å². The first kappa shape index (κ1) is 11.7. The van der Waals surface area contributed by atoms with Gasteiger partial charge in [0.2, 0.25) is 0 Å². The smallest absolute Gasteiger partial charge is 0.159 e. The van der Waals surface area contributed by atoms with Crippen molar-refractivity contribution in [2.75, 3.05) is 11.5 Å². The van der Waals surface area contributed by atoms with Crippen LogP contribution in [0.3, 0.4) is 0 Å². The van der Waals surface area contributed by atoms with Gasteiger partial charge in [-0.3, -0.25) is 4.79 Å². The summed E-state index contributed by atoms with van der Waals surface area (Å²) < 4.78 is 0. The predicted molar refractivity (Wildman–Crippen MR) is 70.2 cm³/mol. The average molecular weight is 234 g/mol. The minimum Gasteiger partial charge on any atom is -0.295 e. The van der Waals surface area contributed by atoms with Crippen LogP contribution in [-0.2, 0) is 6.42 Å². The first-order valence-corrected chi connectivity index (χ1v) is 7.09. The third kappa shape index (κ3) is 3.11. The summed E-state index contributed by atoms with van der Waals surface area (Å²) in [7, 11) is 0. The molecule has 1 aliphatic heterocycles. The van der Waals surface area contributed by atoms with Crippen molar-refractivity contribution in [2.45, 2.75) is 26.2 Å². The normalized spacial score (nSPS) is 20.7. The molecule has 1 unspecified atom stereocenters. The summed E-state index contributed by atoms with van der Waals surface area (Å²) in [6, 6.07) is 8.12. The lowest BCUT2D eigenvalue weighted by atomic mass is 9.95. The lowest BCUT2D eigenvalue weighted by Crippen LogP contribution is -2.13. The number of carbonyl (C=O) groups is 1. The maximum Gasteiger partial charge on any atom is 0.159 e. The van der Waals surface area contributed by atoms with Crippen molar-refractivity contribution in [2.24, 2.45) is 5.92 Å². The standard InChI is InChI=1S/C14H18OS/c1-11(15)14-6-4-12(5-7-14)9-13-3-2-8-16-10-13/h4-7,13H,2-3,8-10H2,1H3. The first-order chi connectivity index (χ1) is 7.75. The quantitative estimate of drug-likeness (QED) is 0.744. The fourth-order valence-electron chi connectivity index (χ4n) is 2.18. The molecule has 1 aliphatic rings. The van der Waals surface area contributed by atoms with Crippen LogP contribution in [0.15, 0.2) is 24.3 Å². The molecule has 16 heavy (non-hydrogen) atoms. The van der Waals surface area contributed by atoms with E-state index in [0.717, 1.165) is 11.5 Å². The van der Waals surface area contributed by atoms with Gasteiger partial charge in [-0.15, -0.1) is 0 Å². The Kier molecular flexibility index (Phi) is 4.05. The van der Waals surface area contributed by atoms with Crippen molar-refractivity contribution in [1.29, 1.82) is 0 Å². The number of hydrogen-bond acceptors (Lipinski definition) is 2. The number of hydrogen-bond donors (Lipinski definition) is 0. The Labute approximate surface area is 102 Å².